The fourth-order valence-electron chi connectivity index (χ4n) is 2.54. The Balaban J connectivity index is 2.24. The zero-order valence-corrected chi connectivity index (χ0v) is 12.1. The maximum atomic E-state index is 12.5. The Morgan fingerprint density at radius 1 is 1.09 bits per heavy atom. The lowest BCUT2D eigenvalue weighted by Crippen LogP contribution is -2.30. The Labute approximate surface area is 130 Å². The molecule has 0 aliphatic carbocycles. The summed E-state index contributed by atoms with van der Waals surface area (Å²) in [5.74, 6) is -1.15. The molecule has 22 heavy (non-hydrogen) atoms. The number of anilines is 1. The van der Waals surface area contributed by atoms with Gasteiger partial charge in [0.05, 0.1) is 16.1 Å². The van der Waals surface area contributed by atoms with Crippen LogP contribution in [0.4, 0.5) is 11.4 Å². The summed E-state index contributed by atoms with van der Waals surface area (Å²) in [6, 6.07) is 8.92. The van der Waals surface area contributed by atoms with E-state index >= 15 is 0 Å². The Bertz CT molecular complexity index is 812. The van der Waals surface area contributed by atoms with Crippen LogP contribution >= 0.6 is 11.6 Å². The normalized spacial score (nSPS) is 13.5. The fraction of sp³-hybridized carbons (Fsp3) is 0.0667. The minimum absolute atomic E-state index is 0.0411. The first kappa shape index (κ1) is 14.2. The predicted octanol–water partition coefficient (Wildman–Crippen LogP) is 3.36. The van der Waals surface area contributed by atoms with Gasteiger partial charge in [0.15, 0.2) is 0 Å². The molecule has 0 aromatic heterocycles. The molecule has 0 spiro atoms. The van der Waals surface area contributed by atoms with E-state index < -0.39 is 16.7 Å². The first-order valence-electron chi connectivity index (χ1n) is 6.34. The third-order valence-electron chi connectivity index (χ3n) is 3.46. The number of hydrogen-bond acceptors (Lipinski definition) is 4. The van der Waals surface area contributed by atoms with Crippen LogP contribution < -0.4 is 4.90 Å². The van der Waals surface area contributed by atoms with Gasteiger partial charge in [0.25, 0.3) is 17.5 Å². The summed E-state index contributed by atoms with van der Waals surface area (Å²) in [5.41, 5.74) is 0.432. The number of nitro benzene ring substituents is 1. The van der Waals surface area contributed by atoms with Gasteiger partial charge in [-0.1, -0.05) is 23.7 Å². The summed E-state index contributed by atoms with van der Waals surface area (Å²) in [7, 11) is 0. The molecule has 0 unspecified atom stereocenters. The number of carbonyl (C=O) groups is 2. The van der Waals surface area contributed by atoms with Gasteiger partial charge in [0.1, 0.15) is 5.69 Å². The summed E-state index contributed by atoms with van der Waals surface area (Å²) in [4.78, 5) is 36.4. The molecule has 0 saturated carbocycles. The summed E-state index contributed by atoms with van der Waals surface area (Å²) in [6.07, 6.45) is 0. The summed E-state index contributed by atoms with van der Waals surface area (Å²) in [5, 5.41) is 11.4. The molecular formula is C15H9ClN2O4. The monoisotopic (exact) mass is 316 g/mol. The second-order valence-electron chi connectivity index (χ2n) is 4.84. The molecular weight excluding hydrogens is 308 g/mol. The van der Waals surface area contributed by atoms with Crippen molar-refractivity contribution in [2.24, 2.45) is 0 Å². The van der Waals surface area contributed by atoms with Gasteiger partial charge in [-0.25, -0.2) is 4.90 Å². The van der Waals surface area contributed by atoms with Gasteiger partial charge in [0.2, 0.25) is 0 Å². The maximum Gasteiger partial charge on any atom is 0.295 e. The number of nitrogens with zero attached hydrogens (tertiary/aromatic N) is 2. The lowest BCUT2D eigenvalue weighted by atomic mass is 10.1. The summed E-state index contributed by atoms with van der Waals surface area (Å²) >= 11 is 5.84. The number of nitro groups is 1. The SMILES string of the molecule is Cc1cc(Cl)cc([N+](=O)[O-])c1N1C(=O)c2ccccc2C1=O. The van der Waals surface area contributed by atoms with Crippen molar-refractivity contribution in [3.05, 3.63) is 68.2 Å². The number of benzene rings is 2. The standard InChI is InChI=1S/C15H9ClN2O4/c1-8-6-9(16)7-12(18(21)22)13(8)17-14(19)10-4-2-3-5-11(10)15(17)20/h2-7H,1H3. The zero-order valence-electron chi connectivity index (χ0n) is 11.4. The van der Waals surface area contributed by atoms with Crippen LogP contribution in [0.25, 0.3) is 0 Å². The van der Waals surface area contributed by atoms with Gasteiger partial charge in [0, 0.05) is 11.1 Å². The predicted molar refractivity (Wildman–Crippen MR) is 80.4 cm³/mol. The number of hydrogen-bond donors (Lipinski definition) is 0. The van der Waals surface area contributed by atoms with Crippen LogP contribution in [0.5, 0.6) is 0 Å². The minimum Gasteiger partial charge on any atom is -0.268 e. The van der Waals surface area contributed by atoms with Gasteiger partial charge >= 0.3 is 0 Å². The third kappa shape index (κ3) is 1.96. The highest BCUT2D eigenvalue weighted by molar-refractivity contribution is 6.36. The van der Waals surface area contributed by atoms with Crippen molar-refractivity contribution < 1.29 is 14.5 Å². The number of fused-ring (bicyclic) bond motifs is 1. The van der Waals surface area contributed by atoms with E-state index in [1.54, 1.807) is 19.1 Å². The molecule has 2 amide bonds. The number of halogens is 1. The van der Waals surface area contributed by atoms with Crippen LogP contribution in [0.1, 0.15) is 26.3 Å². The average molecular weight is 317 g/mol. The van der Waals surface area contributed by atoms with E-state index in [9.17, 15) is 19.7 Å². The van der Waals surface area contributed by atoms with E-state index in [1.807, 2.05) is 0 Å². The van der Waals surface area contributed by atoms with Crippen molar-refractivity contribution in [3.63, 3.8) is 0 Å². The molecule has 1 heterocycles. The molecule has 0 atom stereocenters. The number of aryl methyl sites for hydroxylation is 1. The van der Waals surface area contributed by atoms with Gasteiger partial charge in [-0.05, 0) is 30.7 Å². The van der Waals surface area contributed by atoms with Crippen LogP contribution in [0.2, 0.25) is 5.02 Å². The van der Waals surface area contributed by atoms with E-state index in [2.05, 4.69) is 0 Å². The van der Waals surface area contributed by atoms with E-state index in [4.69, 9.17) is 11.6 Å². The van der Waals surface area contributed by atoms with Crippen molar-refractivity contribution in [2.75, 3.05) is 4.90 Å². The first-order valence-corrected chi connectivity index (χ1v) is 6.72. The number of rotatable bonds is 2. The molecule has 6 nitrogen and oxygen atoms in total. The lowest BCUT2D eigenvalue weighted by molar-refractivity contribution is -0.384. The molecule has 0 fully saturated rings. The van der Waals surface area contributed by atoms with Crippen LogP contribution in [0.15, 0.2) is 36.4 Å². The summed E-state index contributed by atoms with van der Waals surface area (Å²) in [6.45, 7) is 1.57. The first-order chi connectivity index (χ1) is 10.4. The lowest BCUT2D eigenvalue weighted by Gasteiger charge is -2.16. The third-order valence-corrected chi connectivity index (χ3v) is 3.68. The Kier molecular flexibility index (Phi) is 3.18. The molecule has 2 aromatic carbocycles. The zero-order chi connectivity index (χ0) is 16.0. The van der Waals surface area contributed by atoms with Crippen molar-refractivity contribution in [1.82, 2.24) is 0 Å². The molecule has 110 valence electrons. The maximum absolute atomic E-state index is 12.5. The number of carbonyl (C=O) groups excluding carboxylic acids is 2. The Hall–Kier alpha value is -2.73. The van der Waals surface area contributed by atoms with E-state index in [0.29, 0.717) is 5.56 Å². The smallest absolute Gasteiger partial charge is 0.268 e. The molecule has 0 N–H and O–H groups in total. The molecule has 2 aromatic rings. The van der Waals surface area contributed by atoms with Crippen molar-refractivity contribution in [2.45, 2.75) is 6.92 Å². The highest BCUT2D eigenvalue weighted by atomic mass is 35.5. The molecule has 7 heteroatoms. The molecule has 1 aliphatic heterocycles. The van der Waals surface area contributed by atoms with Gasteiger partial charge in [-0.15, -0.1) is 0 Å². The van der Waals surface area contributed by atoms with Crippen LogP contribution in [0.3, 0.4) is 0 Å². The summed E-state index contributed by atoms with van der Waals surface area (Å²) < 4.78 is 0. The highest BCUT2D eigenvalue weighted by Gasteiger charge is 2.40. The molecule has 1 aliphatic rings. The van der Waals surface area contributed by atoms with Gasteiger partial charge in [-0.3, -0.25) is 19.7 Å². The minimum atomic E-state index is -0.655. The molecule has 3 rings (SSSR count). The van der Waals surface area contributed by atoms with Gasteiger partial charge in [-0.2, -0.15) is 0 Å². The topological polar surface area (TPSA) is 80.5 Å². The fourth-order valence-corrected chi connectivity index (χ4v) is 2.81. The van der Waals surface area contributed by atoms with Crippen LogP contribution in [-0.4, -0.2) is 16.7 Å². The van der Waals surface area contributed by atoms with Gasteiger partial charge < -0.3 is 0 Å². The molecule has 0 radical (unpaired) electrons. The van der Waals surface area contributed by atoms with E-state index in [0.717, 1.165) is 11.0 Å². The second-order valence-corrected chi connectivity index (χ2v) is 5.28. The largest absolute Gasteiger partial charge is 0.295 e. The highest BCUT2D eigenvalue weighted by Crippen LogP contribution is 2.39. The van der Waals surface area contributed by atoms with Crippen molar-refractivity contribution in [1.29, 1.82) is 0 Å². The quantitative estimate of drug-likeness (QED) is 0.483. The molecule has 0 saturated heterocycles. The molecule has 0 bridgehead atoms. The average Bonchev–Trinajstić information content (AvgIpc) is 2.71. The van der Waals surface area contributed by atoms with E-state index in [-0.39, 0.29) is 27.5 Å². The Morgan fingerprint density at radius 3 is 2.14 bits per heavy atom. The van der Waals surface area contributed by atoms with E-state index in [1.165, 1.54) is 18.2 Å². The van der Waals surface area contributed by atoms with Crippen molar-refractivity contribution in [3.8, 4) is 0 Å². The number of imide groups is 1. The van der Waals surface area contributed by atoms with Crippen LogP contribution in [0, 0.1) is 17.0 Å². The van der Waals surface area contributed by atoms with Crippen LogP contribution in [-0.2, 0) is 0 Å². The van der Waals surface area contributed by atoms with Crippen molar-refractivity contribution >= 4 is 34.8 Å². The number of amides is 2. The second kappa shape index (κ2) is 4.92. The Morgan fingerprint density at radius 2 is 1.64 bits per heavy atom.